The third-order valence-electron chi connectivity index (χ3n) is 4.91. The number of nitrogens with zero attached hydrogens (tertiary/aromatic N) is 4. The van der Waals surface area contributed by atoms with Gasteiger partial charge in [-0.2, -0.15) is 0 Å². The summed E-state index contributed by atoms with van der Waals surface area (Å²) < 4.78 is 65.4. The second-order valence-electron chi connectivity index (χ2n) is 7.68. The van der Waals surface area contributed by atoms with Crippen LogP contribution in [0.15, 0.2) is 47.4 Å². The number of aromatic nitrogens is 3. The zero-order valence-electron chi connectivity index (χ0n) is 16.6. The van der Waals surface area contributed by atoms with Crippen LogP contribution in [-0.4, -0.2) is 47.1 Å². The van der Waals surface area contributed by atoms with Gasteiger partial charge in [-0.1, -0.05) is 29.8 Å². The molecular formula is C20H20F3N5O2S. The molecule has 2 aromatic carbocycles. The fraction of sp³-hybridized carbons (Fsp3) is 0.300. The molecule has 2 N–H and O–H groups in total. The minimum Gasteiger partial charge on any atom is -0.284 e. The number of halogens is 3. The maximum Gasteiger partial charge on any atom is 0.272 e. The average Bonchev–Trinajstić information content (AvgIpc) is 3.01. The molecule has 1 aromatic heterocycles. The third-order valence-corrected chi connectivity index (χ3v) is 5.82. The van der Waals surface area contributed by atoms with Gasteiger partial charge in [-0.05, 0) is 30.7 Å². The number of sulfonamides is 1. The van der Waals surface area contributed by atoms with Crippen molar-refractivity contribution < 1.29 is 21.6 Å². The topological polar surface area (TPSA) is 94.1 Å². The first-order chi connectivity index (χ1) is 14.5. The number of alkyl halides is 2. The molecule has 0 aliphatic carbocycles. The molecule has 1 aliphatic rings. The molecule has 4 rings (SSSR count). The van der Waals surface area contributed by atoms with Gasteiger partial charge in [0.2, 0.25) is 10.0 Å². The summed E-state index contributed by atoms with van der Waals surface area (Å²) in [6, 6.07) is 10.9. The normalized spacial score (nSPS) is 16.3. The van der Waals surface area contributed by atoms with Crippen LogP contribution < -0.4 is 5.14 Å². The number of primary sulfonamides is 1. The van der Waals surface area contributed by atoms with Crippen molar-refractivity contribution in [2.75, 3.05) is 13.1 Å². The highest BCUT2D eigenvalue weighted by molar-refractivity contribution is 7.89. The number of benzene rings is 2. The molecule has 0 radical (unpaired) electrons. The summed E-state index contributed by atoms with van der Waals surface area (Å²) in [5.41, 5.74) is 1.94. The van der Waals surface area contributed by atoms with Crippen LogP contribution in [0.2, 0.25) is 0 Å². The van der Waals surface area contributed by atoms with E-state index in [9.17, 15) is 21.6 Å². The number of nitrogens with two attached hydrogens (primary N) is 1. The van der Waals surface area contributed by atoms with Crippen molar-refractivity contribution in [2.45, 2.75) is 30.7 Å². The first kappa shape index (κ1) is 21.5. The van der Waals surface area contributed by atoms with E-state index in [0.717, 1.165) is 17.2 Å². The maximum atomic E-state index is 14.8. The smallest absolute Gasteiger partial charge is 0.272 e. The van der Waals surface area contributed by atoms with Crippen molar-refractivity contribution in [2.24, 2.45) is 5.14 Å². The fourth-order valence-electron chi connectivity index (χ4n) is 3.53. The van der Waals surface area contributed by atoms with Gasteiger partial charge in [-0.3, -0.25) is 4.90 Å². The Morgan fingerprint density at radius 2 is 1.90 bits per heavy atom. The van der Waals surface area contributed by atoms with Gasteiger partial charge in [0, 0.05) is 6.42 Å². The number of rotatable bonds is 6. The lowest BCUT2D eigenvalue weighted by Crippen LogP contribution is -2.55. The molecule has 11 heteroatoms. The summed E-state index contributed by atoms with van der Waals surface area (Å²) in [5.74, 6) is -2.89. The van der Waals surface area contributed by atoms with Crippen LogP contribution in [0.1, 0.15) is 22.8 Å². The number of hydrogen-bond acceptors (Lipinski definition) is 5. The zero-order valence-corrected chi connectivity index (χ0v) is 17.4. The lowest BCUT2D eigenvalue weighted by Gasteiger charge is -2.37. The summed E-state index contributed by atoms with van der Waals surface area (Å²) in [7, 11) is -4.07. The predicted molar refractivity (Wildman–Crippen MR) is 107 cm³/mol. The van der Waals surface area contributed by atoms with E-state index in [1.807, 2.05) is 31.2 Å². The van der Waals surface area contributed by atoms with Crippen molar-refractivity contribution in [3.63, 3.8) is 0 Å². The number of aryl methyl sites for hydroxylation is 1. The highest BCUT2D eigenvalue weighted by Crippen LogP contribution is 2.28. The van der Waals surface area contributed by atoms with Crippen LogP contribution in [0, 0.1) is 12.7 Å². The highest BCUT2D eigenvalue weighted by atomic mass is 32.2. The number of likely N-dealkylation sites (tertiary alicyclic amines) is 1. The second kappa shape index (κ2) is 7.74. The van der Waals surface area contributed by atoms with E-state index in [2.05, 4.69) is 10.1 Å². The molecule has 1 aliphatic heterocycles. The van der Waals surface area contributed by atoms with Crippen LogP contribution >= 0.6 is 0 Å². The molecule has 0 unspecified atom stereocenters. The first-order valence-corrected chi connectivity index (χ1v) is 11.0. The largest absolute Gasteiger partial charge is 0.284 e. The standard InChI is InChI=1S/C20H20F3N5O2S/c1-13-3-2-4-14(7-13)8-19-25-18(10-27-11-20(22,23)12-27)26-28(19)17-6-5-15(9-16(17)21)31(24,29)30/h2-7,9H,8,10-12H2,1H3,(H2,24,29,30). The van der Waals surface area contributed by atoms with Gasteiger partial charge in [0.15, 0.2) is 5.82 Å². The van der Waals surface area contributed by atoms with E-state index in [0.29, 0.717) is 12.2 Å². The van der Waals surface area contributed by atoms with E-state index in [-0.39, 0.29) is 36.0 Å². The van der Waals surface area contributed by atoms with Crippen LogP contribution in [-0.2, 0) is 23.0 Å². The Labute approximate surface area is 177 Å². The van der Waals surface area contributed by atoms with Crippen molar-refractivity contribution in [1.82, 2.24) is 19.7 Å². The molecule has 3 aromatic rings. The summed E-state index contributed by atoms with van der Waals surface area (Å²) in [6.07, 6.45) is 0.321. The van der Waals surface area contributed by atoms with Crippen LogP contribution in [0.5, 0.6) is 0 Å². The molecule has 1 fully saturated rings. The lowest BCUT2D eigenvalue weighted by molar-refractivity contribution is -0.134. The molecule has 0 bridgehead atoms. The lowest BCUT2D eigenvalue weighted by atomic mass is 10.1. The fourth-order valence-corrected chi connectivity index (χ4v) is 4.05. The zero-order chi connectivity index (χ0) is 22.4. The summed E-state index contributed by atoms with van der Waals surface area (Å²) >= 11 is 0. The van der Waals surface area contributed by atoms with E-state index in [1.165, 1.54) is 21.7 Å². The Bertz CT molecular complexity index is 1240. The molecule has 0 saturated carbocycles. The van der Waals surface area contributed by atoms with Crippen molar-refractivity contribution in [1.29, 1.82) is 0 Å². The van der Waals surface area contributed by atoms with Crippen LogP contribution in [0.4, 0.5) is 13.2 Å². The average molecular weight is 451 g/mol. The van der Waals surface area contributed by atoms with Crippen molar-refractivity contribution >= 4 is 10.0 Å². The maximum absolute atomic E-state index is 14.8. The first-order valence-electron chi connectivity index (χ1n) is 9.43. The van der Waals surface area contributed by atoms with E-state index >= 15 is 0 Å². The second-order valence-corrected chi connectivity index (χ2v) is 9.24. The van der Waals surface area contributed by atoms with Crippen molar-refractivity contribution in [3.8, 4) is 5.69 Å². The molecule has 1 saturated heterocycles. The molecule has 164 valence electrons. The Kier molecular flexibility index (Phi) is 5.36. The predicted octanol–water partition coefficient (Wildman–Crippen LogP) is 2.40. The summed E-state index contributed by atoms with van der Waals surface area (Å²) in [4.78, 5) is 5.58. The molecule has 7 nitrogen and oxygen atoms in total. The molecular weight excluding hydrogens is 431 g/mol. The molecule has 31 heavy (non-hydrogen) atoms. The summed E-state index contributed by atoms with van der Waals surface area (Å²) in [5, 5.41) is 9.39. The molecule has 2 heterocycles. The van der Waals surface area contributed by atoms with E-state index in [4.69, 9.17) is 5.14 Å². The van der Waals surface area contributed by atoms with E-state index in [1.54, 1.807) is 0 Å². The van der Waals surface area contributed by atoms with Crippen LogP contribution in [0.25, 0.3) is 5.69 Å². The van der Waals surface area contributed by atoms with Gasteiger partial charge in [-0.25, -0.2) is 36.4 Å². The Balaban J connectivity index is 1.71. The van der Waals surface area contributed by atoms with Gasteiger partial charge < -0.3 is 0 Å². The summed E-state index contributed by atoms with van der Waals surface area (Å²) in [6.45, 7) is 1.27. The molecule has 0 spiro atoms. The monoisotopic (exact) mass is 451 g/mol. The Morgan fingerprint density at radius 1 is 1.16 bits per heavy atom. The molecule has 0 amide bonds. The van der Waals surface area contributed by atoms with Gasteiger partial charge in [0.1, 0.15) is 17.3 Å². The van der Waals surface area contributed by atoms with Gasteiger partial charge in [0.05, 0.1) is 24.5 Å². The highest BCUT2D eigenvalue weighted by Gasteiger charge is 2.44. The van der Waals surface area contributed by atoms with Crippen molar-refractivity contribution in [3.05, 3.63) is 71.1 Å². The quantitative estimate of drug-likeness (QED) is 0.621. The van der Waals surface area contributed by atoms with Gasteiger partial charge in [0.25, 0.3) is 5.92 Å². The Morgan fingerprint density at radius 3 is 2.52 bits per heavy atom. The molecule has 0 atom stereocenters. The van der Waals surface area contributed by atoms with Crippen LogP contribution in [0.3, 0.4) is 0 Å². The SMILES string of the molecule is Cc1cccc(Cc2nc(CN3CC(F)(F)C3)nn2-c2ccc(S(N)(=O)=O)cc2F)c1. The minimum absolute atomic E-state index is 0.0113. The van der Waals surface area contributed by atoms with Gasteiger partial charge in [-0.15, -0.1) is 5.10 Å². The minimum atomic E-state index is -4.07. The van der Waals surface area contributed by atoms with E-state index < -0.39 is 21.8 Å². The number of hydrogen-bond donors (Lipinski definition) is 1. The third kappa shape index (κ3) is 4.78. The Hall–Kier alpha value is -2.76. The van der Waals surface area contributed by atoms with Gasteiger partial charge >= 0.3 is 0 Å².